The molecule has 1 atom stereocenters. The number of nitrogens with two attached hydrogens (primary N) is 1. The second kappa shape index (κ2) is 18.7. The van der Waals surface area contributed by atoms with Crippen molar-refractivity contribution in [2.75, 3.05) is 21.3 Å². The van der Waals surface area contributed by atoms with Gasteiger partial charge in [-0.2, -0.15) is 0 Å². The molecule has 0 aliphatic rings. The third kappa shape index (κ3) is 11.4. The Morgan fingerprint density at radius 3 is 2.10 bits per heavy atom. The van der Waals surface area contributed by atoms with Crippen molar-refractivity contribution < 1.29 is 14.3 Å². The van der Waals surface area contributed by atoms with Crippen LogP contribution in [-0.2, 0) is 11.2 Å². The number of nitrogens with zero attached hydrogens (tertiary/aromatic N) is 2. The molecule has 0 radical (unpaired) electrons. The van der Waals surface area contributed by atoms with E-state index in [-0.39, 0.29) is 6.04 Å². The fraction of sp³-hybridized carbons (Fsp3) is 0.267. The molecule has 1 unspecified atom stereocenters. The summed E-state index contributed by atoms with van der Waals surface area (Å²) in [5.41, 5.74) is 8.41. The summed E-state index contributed by atoms with van der Waals surface area (Å²) in [5, 5.41) is 4.07. The molecule has 3 N–H and O–H groups in total. The first-order valence-electron chi connectivity index (χ1n) is 12.4. The van der Waals surface area contributed by atoms with Crippen LogP contribution in [0.15, 0.2) is 85.2 Å². The Hall–Kier alpha value is -3.52. The Bertz CT molecular complexity index is 1210. The summed E-state index contributed by atoms with van der Waals surface area (Å²) in [6.07, 6.45) is 4.16. The van der Waals surface area contributed by atoms with E-state index in [4.69, 9.17) is 33.7 Å². The standard InChI is InChI=1S/C19H20N4O2.C7H6Cl2.C2H6O.C2H6/c1-25-16-9-7-15(8-10-16)23-12-11-21-18(23)17(22-19(20)24)13-14-5-3-2-4-6-14;1-5-3-2-4-6(8)7(5)9;1-3-2;1-2/h2-12,17H,13H2,1H3,(H3,20,22,24);2-4H,1H3;1-2H3;1-2H3. The fourth-order valence-electron chi connectivity index (χ4n) is 3.37. The Balaban J connectivity index is 0.000000451. The minimum Gasteiger partial charge on any atom is -0.497 e. The summed E-state index contributed by atoms with van der Waals surface area (Å²) >= 11 is 11.4. The number of hydrogen-bond donors (Lipinski definition) is 2. The molecule has 1 aromatic heterocycles. The number of halogens is 2. The molecule has 3 aromatic carbocycles. The first-order chi connectivity index (χ1) is 18.8. The van der Waals surface area contributed by atoms with Gasteiger partial charge in [0.05, 0.1) is 23.2 Å². The molecular formula is C30H38Cl2N4O3. The summed E-state index contributed by atoms with van der Waals surface area (Å²) in [6.45, 7) is 5.92. The number of ether oxygens (including phenoxy) is 2. The molecule has 7 nitrogen and oxygen atoms in total. The zero-order chi connectivity index (χ0) is 29.2. The van der Waals surface area contributed by atoms with Crippen molar-refractivity contribution >= 4 is 29.2 Å². The van der Waals surface area contributed by atoms with E-state index in [1.165, 1.54) is 0 Å². The maximum atomic E-state index is 11.5. The van der Waals surface area contributed by atoms with Gasteiger partial charge in [0.2, 0.25) is 0 Å². The lowest BCUT2D eigenvalue weighted by molar-refractivity contribution is 0.244. The lowest BCUT2D eigenvalue weighted by Crippen LogP contribution is -2.35. The van der Waals surface area contributed by atoms with Crippen molar-refractivity contribution in [3.05, 3.63) is 112 Å². The van der Waals surface area contributed by atoms with E-state index < -0.39 is 6.03 Å². The molecule has 4 aromatic rings. The fourth-order valence-corrected chi connectivity index (χ4v) is 3.72. The predicted octanol–water partition coefficient (Wildman–Crippen LogP) is 7.42. The van der Waals surface area contributed by atoms with E-state index in [1.54, 1.807) is 33.6 Å². The minimum absolute atomic E-state index is 0.336. The molecular weight excluding hydrogens is 535 g/mol. The zero-order valence-electron chi connectivity index (χ0n) is 23.3. The average molecular weight is 574 g/mol. The summed E-state index contributed by atoms with van der Waals surface area (Å²) in [7, 11) is 4.88. The number of urea groups is 1. The molecule has 9 heteroatoms. The summed E-state index contributed by atoms with van der Waals surface area (Å²) in [4.78, 5) is 15.9. The minimum atomic E-state index is -0.579. The molecule has 39 heavy (non-hydrogen) atoms. The number of primary amides is 1. The van der Waals surface area contributed by atoms with Crippen LogP contribution in [0, 0.1) is 6.92 Å². The molecule has 0 aliphatic heterocycles. The van der Waals surface area contributed by atoms with Crippen LogP contribution in [0.1, 0.15) is 36.8 Å². The highest BCUT2D eigenvalue weighted by Gasteiger charge is 2.20. The van der Waals surface area contributed by atoms with Gasteiger partial charge in [-0.3, -0.25) is 0 Å². The lowest BCUT2D eigenvalue weighted by atomic mass is 10.1. The molecule has 4 rings (SSSR count). The topological polar surface area (TPSA) is 91.4 Å². The number of methoxy groups -OCH3 is 2. The summed E-state index contributed by atoms with van der Waals surface area (Å²) in [6, 6.07) is 22.2. The molecule has 0 saturated heterocycles. The first kappa shape index (κ1) is 33.5. The van der Waals surface area contributed by atoms with Gasteiger partial charge in [0, 0.05) is 32.3 Å². The van der Waals surface area contributed by atoms with Crippen LogP contribution < -0.4 is 15.8 Å². The van der Waals surface area contributed by atoms with Crippen LogP contribution in [0.4, 0.5) is 4.79 Å². The largest absolute Gasteiger partial charge is 0.497 e. The van der Waals surface area contributed by atoms with Gasteiger partial charge in [-0.15, -0.1) is 0 Å². The van der Waals surface area contributed by atoms with E-state index in [9.17, 15) is 4.79 Å². The number of carbonyl (C=O) groups excluding carboxylic acids is 1. The van der Waals surface area contributed by atoms with Crippen LogP contribution in [0.25, 0.3) is 5.69 Å². The Kier molecular flexibility index (Phi) is 16.1. The van der Waals surface area contributed by atoms with Crippen molar-refractivity contribution in [2.24, 2.45) is 5.73 Å². The summed E-state index contributed by atoms with van der Waals surface area (Å²) < 4.78 is 11.4. The number of hydrogen-bond acceptors (Lipinski definition) is 4. The van der Waals surface area contributed by atoms with E-state index in [1.807, 2.05) is 98.3 Å². The van der Waals surface area contributed by atoms with Crippen LogP contribution in [0.5, 0.6) is 5.75 Å². The van der Waals surface area contributed by atoms with Gasteiger partial charge in [0.1, 0.15) is 11.6 Å². The number of imidazole rings is 1. The smallest absolute Gasteiger partial charge is 0.312 e. The van der Waals surface area contributed by atoms with E-state index in [2.05, 4.69) is 15.0 Å². The highest BCUT2D eigenvalue weighted by molar-refractivity contribution is 6.42. The van der Waals surface area contributed by atoms with Crippen LogP contribution in [0.3, 0.4) is 0 Å². The zero-order valence-corrected chi connectivity index (χ0v) is 24.8. The van der Waals surface area contributed by atoms with Gasteiger partial charge in [0.15, 0.2) is 0 Å². The average Bonchev–Trinajstić information content (AvgIpc) is 3.44. The number of aryl methyl sites for hydroxylation is 1. The van der Waals surface area contributed by atoms with Gasteiger partial charge < -0.3 is 25.1 Å². The van der Waals surface area contributed by atoms with Gasteiger partial charge >= 0.3 is 6.03 Å². The normalized spacial score (nSPS) is 10.4. The quantitative estimate of drug-likeness (QED) is 0.251. The predicted molar refractivity (Wildman–Crippen MR) is 161 cm³/mol. The third-order valence-electron chi connectivity index (χ3n) is 5.08. The highest BCUT2D eigenvalue weighted by atomic mass is 35.5. The molecule has 2 amide bonds. The number of rotatable bonds is 6. The number of nitrogens with one attached hydrogen (secondary N) is 1. The van der Waals surface area contributed by atoms with Crippen molar-refractivity contribution in [1.82, 2.24) is 14.9 Å². The number of aromatic nitrogens is 2. The second-order valence-corrected chi connectivity index (χ2v) is 8.67. The third-order valence-corrected chi connectivity index (χ3v) is 5.99. The van der Waals surface area contributed by atoms with Gasteiger partial charge in [-0.25, -0.2) is 9.78 Å². The highest BCUT2D eigenvalue weighted by Crippen LogP contribution is 2.24. The molecule has 0 fully saturated rings. The van der Waals surface area contributed by atoms with Crippen molar-refractivity contribution in [1.29, 1.82) is 0 Å². The molecule has 0 aliphatic carbocycles. The molecule has 0 saturated carbocycles. The SMILES string of the molecule is CC.COC.COc1ccc(-n2ccnc2C(Cc2ccccc2)NC(N)=O)cc1.Cc1cccc(Cl)c1Cl. The van der Waals surface area contributed by atoms with Crippen molar-refractivity contribution in [3.8, 4) is 11.4 Å². The van der Waals surface area contributed by atoms with Crippen LogP contribution >= 0.6 is 23.2 Å². The second-order valence-electron chi connectivity index (χ2n) is 7.88. The van der Waals surface area contributed by atoms with Crippen molar-refractivity contribution in [3.63, 3.8) is 0 Å². The Labute approximate surface area is 241 Å². The maximum absolute atomic E-state index is 11.5. The van der Waals surface area contributed by atoms with Gasteiger partial charge in [0.25, 0.3) is 0 Å². The summed E-state index contributed by atoms with van der Waals surface area (Å²) in [5.74, 6) is 1.49. The first-order valence-corrected chi connectivity index (χ1v) is 13.1. The molecule has 210 valence electrons. The van der Waals surface area contributed by atoms with Crippen LogP contribution in [-0.4, -0.2) is 36.9 Å². The molecule has 0 spiro atoms. The number of amides is 2. The Morgan fingerprint density at radius 2 is 1.59 bits per heavy atom. The number of carbonyl (C=O) groups is 1. The maximum Gasteiger partial charge on any atom is 0.312 e. The molecule has 0 bridgehead atoms. The lowest BCUT2D eigenvalue weighted by Gasteiger charge is -2.19. The number of benzene rings is 3. The molecule has 1 heterocycles. The van der Waals surface area contributed by atoms with Crippen LogP contribution in [0.2, 0.25) is 10.0 Å². The van der Waals surface area contributed by atoms with Gasteiger partial charge in [-0.05, 0) is 54.8 Å². The monoisotopic (exact) mass is 572 g/mol. The van der Waals surface area contributed by atoms with Gasteiger partial charge in [-0.1, -0.05) is 79.5 Å². The Morgan fingerprint density at radius 1 is 0.974 bits per heavy atom. The van der Waals surface area contributed by atoms with E-state index in [0.29, 0.717) is 22.3 Å². The van der Waals surface area contributed by atoms with Crippen molar-refractivity contribution in [2.45, 2.75) is 33.2 Å². The van der Waals surface area contributed by atoms with E-state index in [0.717, 1.165) is 22.6 Å². The van der Waals surface area contributed by atoms with E-state index >= 15 is 0 Å².